The van der Waals surface area contributed by atoms with Crippen molar-refractivity contribution in [3.8, 4) is 0 Å². The summed E-state index contributed by atoms with van der Waals surface area (Å²) in [6, 6.07) is 9.90. The number of rotatable bonds is 5. The van der Waals surface area contributed by atoms with E-state index in [1.165, 1.54) is 0 Å². The third-order valence-electron chi connectivity index (χ3n) is 4.62. The molecule has 0 saturated carbocycles. The molecule has 1 saturated heterocycles. The number of benzene rings is 1. The van der Waals surface area contributed by atoms with Gasteiger partial charge in [0.15, 0.2) is 0 Å². The van der Waals surface area contributed by atoms with Crippen LogP contribution in [0, 0.1) is 5.92 Å². The van der Waals surface area contributed by atoms with Crippen LogP contribution in [0.5, 0.6) is 0 Å². The quantitative estimate of drug-likeness (QED) is 0.797. The molecule has 1 aliphatic heterocycles. The Labute approximate surface area is 162 Å². The van der Waals surface area contributed by atoms with E-state index in [4.69, 9.17) is 9.47 Å². The predicted octanol–water partition coefficient (Wildman–Crippen LogP) is 3.53. The highest BCUT2D eigenvalue weighted by molar-refractivity contribution is 5.74. The first-order chi connectivity index (χ1) is 12.7. The zero-order valence-electron chi connectivity index (χ0n) is 17.0. The predicted molar refractivity (Wildman–Crippen MR) is 104 cm³/mol. The molecule has 1 aromatic carbocycles. The molecule has 1 fully saturated rings. The lowest BCUT2D eigenvalue weighted by Crippen LogP contribution is -2.56. The Balaban J connectivity index is 2.12. The van der Waals surface area contributed by atoms with E-state index < -0.39 is 5.60 Å². The van der Waals surface area contributed by atoms with Gasteiger partial charge < -0.3 is 19.7 Å². The Morgan fingerprint density at radius 1 is 1.26 bits per heavy atom. The summed E-state index contributed by atoms with van der Waals surface area (Å²) in [5.41, 5.74) is 0.587. The topological polar surface area (TPSA) is 67.9 Å². The van der Waals surface area contributed by atoms with Crippen LogP contribution in [0.25, 0.3) is 0 Å². The Morgan fingerprint density at radius 3 is 2.52 bits per heavy atom. The van der Waals surface area contributed by atoms with Gasteiger partial charge in [-0.15, -0.1) is 0 Å². The largest absolute Gasteiger partial charge is 0.466 e. The van der Waals surface area contributed by atoms with Gasteiger partial charge >= 0.3 is 12.1 Å². The van der Waals surface area contributed by atoms with E-state index in [1.54, 1.807) is 4.90 Å². The summed E-state index contributed by atoms with van der Waals surface area (Å²) in [6.45, 7) is 10.7. The van der Waals surface area contributed by atoms with Crippen LogP contribution < -0.4 is 5.32 Å². The molecule has 6 heteroatoms. The first-order valence-electron chi connectivity index (χ1n) is 9.67. The maximum Gasteiger partial charge on any atom is 0.410 e. The second kappa shape index (κ2) is 9.22. The van der Waals surface area contributed by atoms with Crippen molar-refractivity contribution in [1.82, 2.24) is 10.2 Å². The number of carbonyl (C=O) groups is 2. The minimum absolute atomic E-state index is 0.0479. The second-order valence-electron chi connectivity index (χ2n) is 7.98. The molecule has 3 atom stereocenters. The molecule has 0 aliphatic carbocycles. The summed E-state index contributed by atoms with van der Waals surface area (Å²) >= 11 is 0. The second-order valence-corrected chi connectivity index (χ2v) is 7.98. The number of nitrogens with one attached hydrogen (secondary N) is 1. The number of ether oxygens (including phenoxy) is 2. The molecule has 150 valence electrons. The third kappa shape index (κ3) is 6.24. The minimum Gasteiger partial charge on any atom is -0.466 e. The van der Waals surface area contributed by atoms with E-state index in [0.717, 1.165) is 5.56 Å². The van der Waals surface area contributed by atoms with Crippen molar-refractivity contribution < 1.29 is 19.1 Å². The van der Waals surface area contributed by atoms with E-state index in [0.29, 0.717) is 26.1 Å². The van der Waals surface area contributed by atoms with Gasteiger partial charge in [-0.1, -0.05) is 30.3 Å². The average Bonchev–Trinajstić information content (AvgIpc) is 2.61. The Bertz CT molecular complexity index is 627. The molecule has 0 bridgehead atoms. The van der Waals surface area contributed by atoms with E-state index >= 15 is 0 Å². The smallest absolute Gasteiger partial charge is 0.410 e. The molecule has 6 nitrogen and oxygen atoms in total. The molecule has 0 spiro atoms. The molecule has 1 heterocycles. The molecule has 1 aromatic rings. The zero-order valence-corrected chi connectivity index (χ0v) is 17.0. The summed E-state index contributed by atoms with van der Waals surface area (Å²) in [6.07, 6.45) is 0.209. The van der Waals surface area contributed by atoms with Gasteiger partial charge in [-0.25, -0.2) is 4.79 Å². The van der Waals surface area contributed by atoms with Crippen LogP contribution in [-0.2, 0) is 14.3 Å². The van der Waals surface area contributed by atoms with Crippen LogP contribution in [0.1, 0.15) is 52.6 Å². The van der Waals surface area contributed by atoms with Crippen LogP contribution in [0.4, 0.5) is 4.79 Å². The van der Waals surface area contributed by atoms with Crippen LogP contribution in [-0.4, -0.2) is 48.3 Å². The number of esters is 1. The number of hydrogen-bond acceptors (Lipinski definition) is 5. The van der Waals surface area contributed by atoms with Gasteiger partial charge in [-0.05, 0) is 46.6 Å². The Morgan fingerprint density at radius 2 is 1.93 bits per heavy atom. The lowest BCUT2D eigenvalue weighted by atomic mass is 9.90. The Hall–Kier alpha value is -2.08. The number of carbonyl (C=O) groups excluding carboxylic acids is 2. The highest BCUT2D eigenvalue weighted by Crippen LogP contribution is 2.24. The number of likely N-dealkylation sites (tertiary alicyclic amines) is 1. The maximum absolute atomic E-state index is 12.5. The van der Waals surface area contributed by atoms with E-state index in [2.05, 4.69) is 12.2 Å². The van der Waals surface area contributed by atoms with Crippen LogP contribution in [0.15, 0.2) is 30.3 Å². The molecule has 1 amide bonds. The molecule has 1 unspecified atom stereocenters. The van der Waals surface area contributed by atoms with Crippen molar-refractivity contribution in [1.29, 1.82) is 0 Å². The van der Waals surface area contributed by atoms with Crippen LogP contribution >= 0.6 is 0 Å². The number of amides is 1. The van der Waals surface area contributed by atoms with E-state index in [-0.39, 0.29) is 30.1 Å². The van der Waals surface area contributed by atoms with Crippen LogP contribution in [0.2, 0.25) is 0 Å². The summed E-state index contributed by atoms with van der Waals surface area (Å²) in [4.78, 5) is 26.6. The van der Waals surface area contributed by atoms with Crippen molar-refractivity contribution in [2.45, 2.75) is 58.7 Å². The van der Waals surface area contributed by atoms with Crippen molar-refractivity contribution >= 4 is 12.1 Å². The normalized spacial score (nSPS) is 21.4. The highest BCUT2D eigenvalue weighted by atomic mass is 16.6. The fourth-order valence-corrected chi connectivity index (χ4v) is 3.30. The molecule has 0 radical (unpaired) electrons. The summed E-state index contributed by atoms with van der Waals surface area (Å²) in [5, 5.41) is 3.52. The standard InChI is InChI=1S/C21H32N2O4/c1-6-26-19(24)17-12-13-23(20(25)27-21(3,4)5)14-18(17)22-15(2)16-10-8-7-9-11-16/h7-11,15,17-18,22H,6,12-14H2,1-5H3/t15?,17-,18-/m0/s1. The van der Waals surface area contributed by atoms with Crippen molar-refractivity contribution in [2.75, 3.05) is 19.7 Å². The van der Waals surface area contributed by atoms with Crippen molar-refractivity contribution in [3.05, 3.63) is 35.9 Å². The number of piperidine rings is 1. The molecule has 2 rings (SSSR count). The van der Waals surface area contributed by atoms with E-state index in [1.807, 2.05) is 58.0 Å². The number of nitrogens with zero attached hydrogens (tertiary/aromatic N) is 1. The first kappa shape index (κ1) is 21.2. The van der Waals surface area contributed by atoms with Gasteiger partial charge in [-0.2, -0.15) is 0 Å². The molecule has 1 N–H and O–H groups in total. The molecular formula is C21H32N2O4. The van der Waals surface area contributed by atoms with Gasteiger partial charge in [0, 0.05) is 25.2 Å². The number of hydrogen-bond donors (Lipinski definition) is 1. The Kier molecular flexibility index (Phi) is 7.25. The lowest BCUT2D eigenvalue weighted by Gasteiger charge is -2.39. The zero-order chi connectivity index (χ0) is 20.0. The lowest BCUT2D eigenvalue weighted by molar-refractivity contribution is -0.151. The SMILES string of the molecule is CCOC(=O)[C@H]1CCN(C(=O)OC(C)(C)C)C[C@@H]1NC(C)c1ccccc1. The fourth-order valence-electron chi connectivity index (χ4n) is 3.30. The van der Waals surface area contributed by atoms with Gasteiger partial charge in [0.05, 0.1) is 12.5 Å². The minimum atomic E-state index is -0.546. The van der Waals surface area contributed by atoms with Crippen molar-refractivity contribution in [2.24, 2.45) is 5.92 Å². The molecule has 0 aromatic heterocycles. The van der Waals surface area contributed by atoms with Crippen molar-refractivity contribution in [3.63, 3.8) is 0 Å². The van der Waals surface area contributed by atoms with E-state index in [9.17, 15) is 9.59 Å². The van der Waals surface area contributed by atoms with Gasteiger partial charge in [0.1, 0.15) is 5.60 Å². The monoisotopic (exact) mass is 376 g/mol. The molecular weight excluding hydrogens is 344 g/mol. The first-order valence-corrected chi connectivity index (χ1v) is 9.67. The maximum atomic E-state index is 12.5. The molecule has 27 heavy (non-hydrogen) atoms. The van der Waals surface area contributed by atoms with Gasteiger partial charge in [-0.3, -0.25) is 4.79 Å². The average molecular weight is 376 g/mol. The fraction of sp³-hybridized carbons (Fsp3) is 0.619. The third-order valence-corrected chi connectivity index (χ3v) is 4.62. The van der Waals surface area contributed by atoms with Crippen LogP contribution in [0.3, 0.4) is 0 Å². The highest BCUT2D eigenvalue weighted by Gasteiger charge is 2.38. The van der Waals surface area contributed by atoms with Gasteiger partial charge in [0.25, 0.3) is 0 Å². The summed E-state index contributed by atoms with van der Waals surface area (Å²) in [7, 11) is 0. The van der Waals surface area contributed by atoms with Gasteiger partial charge in [0.2, 0.25) is 0 Å². The summed E-state index contributed by atoms with van der Waals surface area (Å²) < 4.78 is 10.8. The summed E-state index contributed by atoms with van der Waals surface area (Å²) in [5.74, 6) is -0.492. The molecule has 1 aliphatic rings.